The van der Waals surface area contributed by atoms with Crippen LogP contribution in [0.5, 0.6) is 5.75 Å². The molecule has 0 heterocycles. The van der Waals surface area contributed by atoms with E-state index in [9.17, 15) is 0 Å². The zero-order valence-electron chi connectivity index (χ0n) is 11.4. The largest absolute Gasteiger partial charge is 0.496 e. The van der Waals surface area contributed by atoms with Crippen LogP contribution in [0.15, 0.2) is 30.3 Å². The highest BCUT2D eigenvalue weighted by Crippen LogP contribution is 2.31. The first-order valence-electron chi connectivity index (χ1n) is 6.04. The van der Waals surface area contributed by atoms with Gasteiger partial charge in [-0.25, -0.2) is 0 Å². The van der Waals surface area contributed by atoms with Gasteiger partial charge in [0.1, 0.15) is 5.75 Å². The molecule has 0 fully saturated rings. The Morgan fingerprint density at radius 2 is 1.44 bits per heavy atom. The molecule has 0 atom stereocenters. The summed E-state index contributed by atoms with van der Waals surface area (Å²) in [5.74, 6) is 0.957. The van der Waals surface area contributed by atoms with Crippen LogP contribution in [-0.4, -0.2) is 7.11 Å². The standard InChI is InChI=1S/C16H19NO/c1-10-5-6-13(9-15(10)17)14-7-11(2)16(18-4)12(3)8-14/h5-9H,17H2,1-4H3. The van der Waals surface area contributed by atoms with Crippen LogP contribution in [-0.2, 0) is 0 Å². The highest BCUT2D eigenvalue weighted by atomic mass is 16.5. The number of ether oxygens (including phenoxy) is 1. The molecule has 2 aromatic carbocycles. The second-order valence-electron chi connectivity index (χ2n) is 4.71. The molecule has 0 spiro atoms. The van der Waals surface area contributed by atoms with Crippen LogP contribution in [0.3, 0.4) is 0 Å². The van der Waals surface area contributed by atoms with Crippen LogP contribution in [0, 0.1) is 20.8 Å². The fraction of sp³-hybridized carbons (Fsp3) is 0.250. The molecule has 2 nitrogen and oxygen atoms in total. The van der Waals surface area contributed by atoms with Gasteiger partial charge in [0.15, 0.2) is 0 Å². The molecule has 0 saturated carbocycles. The SMILES string of the molecule is COc1c(C)cc(-c2ccc(C)c(N)c2)cc1C. The smallest absolute Gasteiger partial charge is 0.124 e. The molecule has 0 aliphatic carbocycles. The Morgan fingerprint density at radius 1 is 0.833 bits per heavy atom. The summed E-state index contributed by atoms with van der Waals surface area (Å²) in [4.78, 5) is 0. The molecule has 0 saturated heterocycles. The average molecular weight is 241 g/mol. The molecule has 94 valence electrons. The summed E-state index contributed by atoms with van der Waals surface area (Å²) in [7, 11) is 1.71. The zero-order valence-corrected chi connectivity index (χ0v) is 11.4. The van der Waals surface area contributed by atoms with Gasteiger partial charge in [-0.3, -0.25) is 0 Å². The van der Waals surface area contributed by atoms with Gasteiger partial charge in [-0.05, 0) is 66.8 Å². The van der Waals surface area contributed by atoms with E-state index in [4.69, 9.17) is 10.5 Å². The first-order chi connectivity index (χ1) is 8.52. The van der Waals surface area contributed by atoms with Gasteiger partial charge in [-0.2, -0.15) is 0 Å². The van der Waals surface area contributed by atoms with Crippen LogP contribution in [0.4, 0.5) is 5.69 Å². The van der Waals surface area contributed by atoms with Gasteiger partial charge >= 0.3 is 0 Å². The van der Waals surface area contributed by atoms with Crippen molar-refractivity contribution in [3.8, 4) is 16.9 Å². The maximum Gasteiger partial charge on any atom is 0.124 e. The Hall–Kier alpha value is -1.96. The van der Waals surface area contributed by atoms with Crippen LogP contribution in [0.1, 0.15) is 16.7 Å². The fourth-order valence-electron chi connectivity index (χ4n) is 2.26. The van der Waals surface area contributed by atoms with Gasteiger partial charge in [0.25, 0.3) is 0 Å². The molecular formula is C16H19NO. The summed E-state index contributed by atoms with van der Waals surface area (Å²) < 4.78 is 5.38. The highest BCUT2D eigenvalue weighted by Gasteiger charge is 2.07. The Kier molecular flexibility index (Phi) is 3.28. The number of benzene rings is 2. The van der Waals surface area contributed by atoms with E-state index in [1.165, 1.54) is 5.56 Å². The van der Waals surface area contributed by atoms with E-state index >= 15 is 0 Å². The van der Waals surface area contributed by atoms with Gasteiger partial charge in [-0.15, -0.1) is 0 Å². The highest BCUT2D eigenvalue weighted by molar-refractivity contribution is 5.71. The number of hydrogen-bond donors (Lipinski definition) is 1. The zero-order chi connectivity index (χ0) is 13.3. The number of aryl methyl sites for hydroxylation is 3. The predicted octanol–water partition coefficient (Wildman–Crippen LogP) is 3.87. The first-order valence-corrected chi connectivity index (χ1v) is 6.04. The molecular weight excluding hydrogens is 222 g/mol. The summed E-state index contributed by atoms with van der Waals surface area (Å²) in [6.07, 6.45) is 0. The van der Waals surface area contributed by atoms with Crippen molar-refractivity contribution in [2.75, 3.05) is 12.8 Å². The van der Waals surface area contributed by atoms with Crippen molar-refractivity contribution in [2.45, 2.75) is 20.8 Å². The lowest BCUT2D eigenvalue weighted by Crippen LogP contribution is -1.93. The van der Waals surface area contributed by atoms with Gasteiger partial charge in [0.05, 0.1) is 7.11 Å². The van der Waals surface area contributed by atoms with Crippen molar-refractivity contribution in [2.24, 2.45) is 0 Å². The van der Waals surface area contributed by atoms with Gasteiger partial charge in [0.2, 0.25) is 0 Å². The molecule has 0 aromatic heterocycles. The monoisotopic (exact) mass is 241 g/mol. The summed E-state index contributed by atoms with van der Waals surface area (Å²) in [5.41, 5.74) is 12.5. The summed E-state index contributed by atoms with van der Waals surface area (Å²) in [6, 6.07) is 10.5. The predicted molar refractivity (Wildman–Crippen MR) is 77.1 cm³/mol. The third-order valence-electron chi connectivity index (χ3n) is 3.28. The minimum absolute atomic E-state index is 0.832. The Labute approximate surface area is 108 Å². The lowest BCUT2D eigenvalue weighted by molar-refractivity contribution is 0.408. The number of hydrogen-bond acceptors (Lipinski definition) is 2. The van der Waals surface area contributed by atoms with Gasteiger partial charge in [-0.1, -0.05) is 12.1 Å². The maximum atomic E-state index is 5.97. The number of anilines is 1. The molecule has 0 bridgehead atoms. The average Bonchev–Trinajstić information content (AvgIpc) is 2.32. The molecule has 0 unspecified atom stereocenters. The minimum atomic E-state index is 0.832. The molecule has 0 radical (unpaired) electrons. The minimum Gasteiger partial charge on any atom is -0.496 e. The number of methoxy groups -OCH3 is 1. The van der Waals surface area contributed by atoms with E-state index in [2.05, 4.69) is 38.1 Å². The first kappa shape index (κ1) is 12.5. The van der Waals surface area contributed by atoms with Crippen LogP contribution in [0.25, 0.3) is 11.1 Å². The summed E-state index contributed by atoms with van der Waals surface area (Å²) in [6.45, 7) is 6.14. The van der Waals surface area contributed by atoms with E-state index in [0.29, 0.717) is 0 Å². The number of nitrogens with two attached hydrogens (primary N) is 1. The molecule has 2 heteroatoms. The second kappa shape index (κ2) is 4.73. The molecule has 18 heavy (non-hydrogen) atoms. The van der Waals surface area contributed by atoms with Crippen LogP contribution >= 0.6 is 0 Å². The van der Waals surface area contributed by atoms with E-state index in [-0.39, 0.29) is 0 Å². The van der Waals surface area contributed by atoms with E-state index < -0.39 is 0 Å². The lowest BCUT2D eigenvalue weighted by atomic mass is 9.98. The van der Waals surface area contributed by atoms with Crippen molar-refractivity contribution in [3.05, 3.63) is 47.0 Å². The van der Waals surface area contributed by atoms with E-state index in [1.54, 1.807) is 7.11 Å². The van der Waals surface area contributed by atoms with Gasteiger partial charge < -0.3 is 10.5 Å². The molecule has 0 amide bonds. The van der Waals surface area contributed by atoms with Crippen molar-refractivity contribution in [1.82, 2.24) is 0 Å². The van der Waals surface area contributed by atoms with E-state index in [0.717, 1.165) is 33.7 Å². The normalized spacial score (nSPS) is 10.4. The van der Waals surface area contributed by atoms with Crippen molar-refractivity contribution in [1.29, 1.82) is 0 Å². The maximum absolute atomic E-state index is 5.97. The van der Waals surface area contributed by atoms with Gasteiger partial charge in [0, 0.05) is 5.69 Å². The Morgan fingerprint density at radius 3 is 1.94 bits per heavy atom. The molecule has 2 N–H and O–H groups in total. The molecule has 0 aliphatic rings. The third kappa shape index (κ3) is 2.19. The van der Waals surface area contributed by atoms with Crippen molar-refractivity contribution < 1.29 is 4.74 Å². The summed E-state index contributed by atoms with van der Waals surface area (Å²) >= 11 is 0. The lowest BCUT2D eigenvalue weighted by Gasteiger charge is -2.12. The van der Waals surface area contributed by atoms with Crippen LogP contribution in [0.2, 0.25) is 0 Å². The quantitative estimate of drug-likeness (QED) is 0.810. The molecule has 2 aromatic rings. The number of rotatable bonds is 2. The number of nitrogen functional groups attached to an aromatic ring is 1. The third-order valence-corrected chi connectivity index (χ3v) is 3.28. The summed E-state index contributed by atoms with van der Waals surface area (Å²) in [5, 5.41) is 0. The second-order valence-corrected chi connectivity index (χ2v) is 4.71. The Balaban J connectivity index is 2.54. The van der Waals surface area contributed by atoms with Crippen molar-refractivity contribution in [3.63, 3.8) is 0 Å². The topological polar surface area (TPSA) is 35.2 Å². The fourth-order valence-corrected chi connectivity index (χ4v) is 2.26. The van der Waals surface area contributed by atoms with E-state index in [1.807, 2.05) is 13.0 Å². The molecule has 0 aliphatic heterocycles. The molecule has 2 rings (SSSR count). The van der Waals surface area contributed by atoms with Crippen molar-refractivity contribution >= 4 is 5.69 Å². The Bertz CT molecular complexity index is 565. The van der Waals surface area contributed by atoms with Crippen LogP contribution < -0.4 is 10.5 Å².